The van der Waals surface area contributed by atoms with Crippen LogP contribution in [0, 0.1) is 12.7 Å². The molecule has 0 saturated heterocycles. The molecule has 1 heterocycles. The van der Waals surface area contributed by atoms with Crippen LogP contribution >= 0.6 is 0 Å². The number of fused-ring (bicyclic) bond motifs is 1. The van der Waals surface area contributed by atoms with E-state index in [1.807, 2.05) is 0 Å². The highest BCUT2D eigenvalue weighted by Gasteiger charge is 2.15. The number of nitrogens with zero attached hydrogens (tertiary/aromatic N) is 2. The summed E-state index contributed by atoms with van der Waals surface area (Å²) in [4.78, 5) is 27.2. The van der Waals surface area contributed by atoms with Crippen LogP contribution in [0.5, 0.6) is 5.75 Å². The van der Waals surface area contributed by atoms with Gasteiger partial charge in [-0.05, 0) is 26.8 Å². The summed E-state index contributed by atoms with van der Waals surface area (Å²) in [7, 11) is 0. The lowest BCUT2D eigenvalue weighted by Crippen LogP contribution is -2.27. The molecule has 0 bridgehead atoms. The van der Waals surface area contributed by atoms with Crippen molar-refractivity contribution in [3.05, 3.63) is 34.1 Å². The highest BCUT2D eigenvalue weighted by molar-refractivity contribution is 5.80. The standard InChI is InChI=1S/C14H15FN2O4/c1-7(2)21-12-4-9-11(5-10(12)15)16-8(3)17(14(9)20)6-13(18)19/h4-5,7H,6H2,1-3H3,(H,18,19). The molecule has 0 aliphatic heterocycles. The van der Waals surface area contributed by atoms with Crippen molar-refractivity contribution in [1.29, 1.82) is 0 Å². The third-order valence-corrected chi connectivity index (χ3v) is 2.85. The molecule has 0 radical (unpaired) electrons. The van der Waals surface area contributed by atoms with Gasteiger partial charge in [0.15, 0.2) is 11.6 Å². The predicted molar refractivity (Wildman–Crippen MR) is 74.1 cm³/mol. The molecule has 0 spiro atoms. The minimum atomic E-state index is -1.15. The van der Waals surface area contributed by atoms with Crippen LogP contribution in [0.2, 0.25) is 0 Å². The van der Waals surface area contributed by atoms with Crippen LogP contribution in [0.25, 0.3) is 10.9 Å². The quantitative estimate of drug-likeness (QED) is 0.928. The molecule has 0 atom stereocenters. The third kappa shape index (κ3) is 3.01. The summed E-state index contributed by atoms with van der Waals surface area (Å²) in [6.07, 6.45) is -0.253. The first-order valence-electron chi connectivity index (χ1n) is 6.38. The van der Waals surface area contributed by atoms with Gasteiger partial charge >= 0.3 is 5.97 Å². The maximum atomic E-state index is 13.9. The Bertz CT molecular complexity index is 768. The molecule has 6 nitrogen and oxygen atoms in total. The lowest BCUT2D eigenvalue weighted by Gasteiger charge is -2.13. The SMILES string of the molecule is Cc1nc2cc(F)c(OC(C)C)cc2c(=O)n1CC(=O)O. The zero-order valence-electron chi connectivity index (χ0n) is 11.9. The van der Waals surface area contributed by atoms with Crippen molar-refractivity contribution in [2.24, 2.45) is 0 Å². The second kappa shape index (κ2) is 5.51. The highest BCUT2D eigenvalue weighted by Crippen LogP contribution is 2.23. The summed E-state index contributed by atoms with van der Waals surface area (Å²) < 4.78 is 20.2. The fraction of sp³-hybridized carbons (Fsp3) is 0.357. The van der Waals surface area contributed by atoms with E-state index in [9.17, 15) is 14.0 Å². The summed E-state index contributed by atoms with van der Waals surface area (Å²) in [6.45, 7) is 4.48. The Balaban J connectivity index is 2.69. The van der Waals surface area contributed by atoms with Gasteiger partial charge in [-0.2, -0.15) is 0 Å². The Hall–Kier alpha value is -2.44. The summed E-state index contributed by atoms with van der Waals surface area (Å²) in [5.74, 6) is -1.60. The molecule has 0 saturated carbocycles. The van der Waals surface area contributed by atoms with E-state index in [4.69, 9.17) is 9.84 Å². The Morgan fingerprint density at radius 2 is 2.14 bits per heavy atom. The summed E-state index contributed by atoms with van der Waals surface area (Å²) >= 11 is 0. The minimum absolute atomic E-state index is 0.0536. The van der Waals surface area contributed by atoms with Gasteiger partial charge in [-0.3, -0.25) is 14.2 Å². The predicted octanol–water partition coefficient (Wildman–Crippen LogP) is 1.72. The second-order valence-corrected chi connectivity index (χ2v) is 4.91. The van der Waals surface area contributed by atoms with E-state index >= 15 is 0 Å². The lowest BCUT2D eigenvalue weighted by molar-refractivity contribution is -0.137. The number of halogens is 1. The smallest absolute Gasteiger partial charge is 0.323 e. The third-order valence-electron chi connectivity index (χ3n) is 2.85. The second-order valence-electron chi connectivity index (χ2n) is 4.91. The molecule has 112 valence electrons. The first-order chi connectivity index (χ1) is 9.79. The number of carboxylic acid groups (broad SMARTS) is 1. The normalized spacial score (nSPS) is 11.1. The van der Waals surface area contributed by atoms with E-state index in [-0.39, 0.29) is 28.6 Å². The lowest BCUT2D eigenvalue weighted by atomic mass is 10.2. The van der Waals surface area contributed by atoms with E-state index < -0.39 is 23.9 Å². The Morgan fingerprint density at radius 1 is 1.48 bits per heavy atom. The van der Waals surface area contributed by atoms with Crippen LogP contribution in [-0.2, 0) is 11.3 Å². The van der Waals surface area contributed by atoms with E-state index in [0.29, 0.717) is 0 Å². The van der Waals surface area contributed by atoms with Gasteiger partial charge in [0.25, 0.3) is 5.56 Å². The van der Waals surface area contributed by atoms with Crippen molar-refractivity contribution in [2.75, 3.05) is 0 Å². The fourth-order valence-corrected chi connectivity index (χ4v) is 2.00. The molecule has 1 aromatic heterocycles. The Labute approximate surface area is 119 Å². The number of carboxylic acids is 1. The van der Waals surface area contributed by atoms with Crippen LogP contribution in [0.4, 0.5) is 4.39 Å². The van der Waals surface area contributed by atoms with E-state index in [0.717, 1.165) is 10.6 Å². The summed E-state index contributed by atoms with van der Waals surface area (Å²) in [5, 5.41) is 8.96. The Morgan fingerprint density at radius 3 is 2.71 bits per heavy atom. The van der Waals surface area contributed by atoms with Crippen molar-refractivity contribution in [2.45, 2.75) is 33.4 Å². The van der Waals surface area contributed by atoms with Crippen LogP contribution < -0.4 is 10.3 Å². The van der Waals surface area contributed by atoms with E-state index in [1.165, 1.54) is 13.0 Å². The number of aliphatic carboxylic acids is 1. The fourth-order valence-electron chi connectivity index (χ4n) is 2.00. The van der Waals surface area contributed by atoms with E-state index in [2.05, 4.69) is 4.98 Å². The summed E-state index contributed by atoms with van der Waals surface area (Å²) in [5.41, 5.74) is -0.360. The molecule has 0 fully saturated rings. The van der Waals surface area contributed by atoms with Gasteiger partial charge < -0.3 is 9.84 Å². The molecule has 7 heteroatoms. The molecule has 21 heavy (non-hydrogen) atoms. The largest absolute Gasteiger partial charge is 0.488 e. The first-order valence-corrected chi connectivity index (χ1v) is 6.38. The molecule has 0 aliphatic rings. The average molecular weight is 294 g/mol. The maximum absolute atomic E-state index is 13.9. The maximum Gasteiger partial charge on any atom is 0.323 e. The zero-order valence-corrected chi connectivity index (χ0v) is 11.9. The molecule has 0 unspecified atom stereocenters. The van der Waals surface area contributed by atoms with Gasteiger partial charge in [0, 0.05) is 6.07 Å². The highest BCUT2D eigenvalue weighted by atomic mass is 19.1. The molecule has 0 amide bonds. The van der Waals surface area contributed by atoms with Crippen LogP contribution in [0.3, 0.4) is 0 Å². The molecular weight excluding hydrogens is 279 g/mol. The summed E-state index contributed by atoms with van der Waals surface area (Å²) in [6, 6.07) is 2.38. The van der Waals surface area contributed by atoms with Gasteiger partial charge in [-0.25, -0.2) is 9.37 Å². The van der Waals surface area contributed by atoms with Crippen molar-refractivity contribution < 1.29 is 19.0 Å². The monoisotopic (exact) mass is 294 g/mol. The zero-order chi connectivity index (χ0) is 15.7. The van der Waals surface area contributed by atoms with Crippen LogP contribution in [0.1, 0.15) is 19.7 Å². The number of benzene rings is 1. The number of aryl methyl sites for hydroxylation is 1. The van der Waals surface area contributed by atoms with Gasteiger partial charge in [0.05, 0.1) is 17.0 Å². The number of aromatic nitrogens is 2. The van der Waals surface area contributed by atoms with Gasteiger partial charge in [0.2, 0.25) is 0 Å². The molecule has 0 aliphatic carbocycles. The van der Waals surface area contributed by atoms with Crippen LogP contribution in [0.15, 0.2) is 16.9 Å². The number of hydrogen-bond acceptors (Lipinski definition) is 4. The van der Waals surface area contributed by atoms with Crippen molar-refractivity contribution in [1.82, 2.24) is 9.55 Å². The van der Waals surface area contributed by atoms with Crippen molar-refractivity contribution >= 4 is 16.9 Å². The molecular formula is C14H15FN2O4. The number of carbonyl (C=O) groups is 1. The Kier molecular flexibility index (Phi) is 3.93. The van der Waals surface area contributed by atoms with Crippen molar-refractivity contribution in [3.63, 3.8) is 0 Å². The van der Waals surface area contributed by atoms with Crippen molar-refractivity contribution in [3.8, 4) is 5.75 Å². The van der Waals surface area contributed by atoms with Crippen LogP contribution in [-0.4, -0.2) is 26.7 Å². The van der Waals surface area contributed by atoms with Gasteiger partial charge in [0.1, 0.15) is 12.4 Å². The number of ether oxygens (including phenoxy) is 1. The number of rotatable bonds is 4. The first kappa shape index (κ1) is 15.0. The van der Waals surface area contributed by atoms with E-state index in [1.54, 1.807) is 13.8 Å². The topological polar surface area (TPSA) is 81.4 Å². The molecule has 2 aromatic rings. The van der Waals surface area contributed by atoms with Gasteiger partial charge in [-0.15, -0.1) is 0 Å². The minimum Gasteiger partial charge on any atom is -0.488 e. The molecule has 2 rings (SSSR count). The van der Waals surface area contributed by atoms with Gasteiger partial charge in [-0.1, -0.05) is 0 Å². The number of hydrogen-bond donors (Lipinski definition) is 1. The molecule has 1 N–H and O–H groups in total. The average Bonchev–Trinajstić information content (AvgIpc) is 2.36. The molecule has 1 aromatic carbocycles.